The van der Waals surface area contributed by atoms with E-state index in [1.165, 1.54) is 0 Å². The van der Waals surface area contributed by atoms with Gasteiger partial charge >= 0.3 is 0 Å². The number of hydrogen-bond acceptors (Lipinski definition) is 3. The molecule has 0 atom stereocenters. The summed E-state index contributed by atoms with van der Waals surface area (Å²) in [5.41, 5.74) is 5.58. The van der Waals surface area contributed by atoms with E-state index in [4.69, 9.17) is 11.6 Å². The lowest BCUT2D eigenvalue weighted by molar-refractivity contribution is 0.101. The van der Waals surface area contributed by atoms with Crippen LogP contribution in [0.25, 0.3) is 17.1 Å². The van der Waals surface area contributed by atoms with Gasteiger partial charge in [-0.15, -0.1) is 5.10 Å². The average Bonchev–Trinajstić information content (AvgIpc) is 3.17. The number of halogens is 1. The lowest BCUT2D eigenvalue weighted by Gasteiger charge is -2.09. The number of carbonyl (C=O) groups excluding carboxylic acids is 1. The first-order chi connectivity index (χ1) is 14.4. The molecule has 1 amide bonds. The van der Waals surface area contributed by atoms with Crippen molar-refractivity contribution < 1.29 is 4.79 Å². The third kappa shape index (κ3) is 3.84. The smallest absolute Gasteiger partial charge is 0.295 e. The Balaban J connectivity index is 1.79. The first-order valence-corrected chi connectivity index (χ1v) is 9.98. The first kappa shape index (κ1) is 19.9. The number of hydrogen-bond donors (Lipinski definition) is 1. The summed E-state index contributed by atoms with van der Waals surface area (Å²) in [7, 11) is 0. The Labute approximate surface area is 180 Å². The van der Waals surface area contributed by atoms with Gasteiger partial charge in [-0.25, -0.2) is 9.67 Å². The zero-order valence-electron chi connectivity index (χ0n) is 17.0. The van der Waals surface area contributed by atoms with Crippen LogP contribution < -0.4 is 5.32 Å². The highest BCUT2D eigenvalue weighted by atomic mass is 35.5. The third-order valence-electron chi connectivity index (χ3n) is 5.11. The minimum absolute atomic E-state index is 0.101. The minimum atomic E-state index is -0.355. The maximum Gasteiger partial charge on any atom is 0.295 e. The Morgan fingerprint density at radius 2 is 1.60 bits per heavy atom. The van der Waals surface area contributed by atoms with E-state index in [1.807, 2.05) is 75.4 Å². The van der Waals surface area contributed by atoms with E-state index in [2.05, 4.69) is 15.4 Å². The van der Waals surface area contributed by atoms with Crippen molar-refractivity contribution in [2.45, 2.75) is 20.8 Å². The Morgan fingerprint density at radius 3 is 2.33 bits per heavy atom. The summed E-state index contributed by atoms with van der Waals surface area (Å²) in [5.74, 6) is 0.322. The number of para-hydroxylation sites is 1. The maximum atomic E-state index is 13.0. The van der Waals surface area contributed by atoms with Gasteiger partial charge in [0.05, 0.1) is 5.69 Å². The van der Waals surface area contributed by atoms with Crippen molar-refractivity contribution in [3.8, 4) is 17.1 Å². The number of aromatic nitrogens is 3. The molecule has 5 nitrogen and oxygen atoms in total. The predicted molar refractivity (Wildman–Crippen MR) is 120 cm³/mol. The van der Waals surface area contributed by atoms with E-state index in [0.717, 1.165) is 33.6 Å². The quantitative estimate of drug-likeness (QED) is 0.459. The van der Waals surface area contributed by atoms with Gasteiger partial charge in [-0.2, -0.15) is 0 Å². The Morgan fingerprint density at radius 1 is 0.900 bits per heavy atom. The highest BCUT2D eigenvalue weighted by Gasteiger charge is 2.20. The van der Waals surface area contributed by atoms with Gasteiger partial charge in [0.25, 0.3) is 5.91 Å². The number of carbonyl (C=O) groups is 1. The van der Waals surface area contributed by atoms with Crippen molar-refractivity contribution in [3.05, 3.63) is 94.3 Å². The highest BCUT2D eigenvalue weighted by molar-refractivity contribution is 6.30. The van der Waals surface area contributed by atoms with Gasteiger partial charge < -0.3 is 5.32 Å². The molecule has 4 aromatic rings. The summed E-state index contributed by atoms with van der Waals surface area (Å²) in [6.45, 7) is 5.98. The Bertz CT molecular complexity index is 1230. The fraction of sp³-hybridized carbons (Fsp3) is 0.125. The van der Waals surface area contributed by atoms with Crippen LogP contribution in [-0.4, -0.2) is 20.7 Å². The van der Waals surface area contributed by atoms with Crippen LogP contribution in [0.5, 0.6) is 0 Å². The van der Waals surface area contributed by atoms with Crippen LogP contribution in [0.1, 0.15) is 27.3 Å². The van der Waals surface area contributed by atoms with E-state index < -0.39 is 0 Å². The molecule has 30 heavy (non-hydrogen) atoms. The Hall–Kier alpha value is -3.44. The predicted octanol–water partition coefficient (Wildman–Crippen LogP) is 5.77. The number of rotatable bonds is 4. The largest absolute Gasteiger partial charge is 0.319 e. The lowest BCUT2D eigenvalue weighted by Crippen LogP contribution is -2.15. The van der Waals surface area contributed by atoms with Gasteiger partial charge in [-0.3, -0.25) is 4.79 Å². The van der Waals surface area contributed by atoms with Crippen LogP contribution in [0.15, 0.2) is 66.7 Å². The van der Waals surface area contributed by atoms with Crippen LogP contribution in [-0.2, 0) is 0 Å². The summed E-state index contributed by atoms with van der Waals surface area (Å²) in [4.78, 5) is 17.5. The molecule has 1 heterocycles. The molecule has 0 bridgehead atoms. The summed E-state index contributed by atoms with van der Waals surface area (Å²) in [6, 6.07) is 21.0. The molecule has 0 unspecified atom stereocenters. The van der Waals surface area contributed by atoms with E-state index in [0.29, 0.717) is 10.8 Å². The summed E-state index contributed by atoms with van der Waals surface area (Å²) in [6.07, 6.45) is 0. The van der Waals surface area contributed by atoms with Crippen LogP contribution in [0.3, 0.4) is 0 Å². The van der Waals surface area contributed by atoms with Crippen LogP contribution in [0.4, 0.5) is 5.69 Å². The van der Waals surface area contributed by atoms with Crippen molar-refractivity contribution in [2.75, 3.05) is 5.32 Å². The van der Waals surface area contributed by atoms with Gasteiger partial charge in [-0.1, -0.05) is 41.9 Å². The molecule has 3 aromatic carbocycles. The minimum Gasteiger partial charge on any atom is -0.319 e. The molecule has 0 radical (unpaired) electrons. The summed E-state index contributed by atoms with van der Waals surface area (Å²) in [5, 5.41) is 8.12. The van der Waals surface area contributed by atoms with Gasteiger partial charge in [0.1, 0.15) is 0 Å². The van der Waals surface area contributed by atoms with Crippen LogP contribution >= 0.6 is 11.6 Å². The van der Waals surface area contributed by atoms with Gasteiger partial charge in [0.15, 0.2) is 5.82 Å². The van der Waals surface area contributed by atoms with E-state index in [1.54, 1.807) is 16.8 Å². The van der Waals surface area contributed by atoms with Crippen molar-refractivity contribution in [1.82, 2.24) is 14.8 Å². The van der Waals surface area contributed by atoms with E-state index in [-0.39, 0.29) is 11.7 Å². The molecule has 0 aliphatic heterocycles. The fourth-order valence-electron chi connectivity index (χ4n) is 3.23. The van der Waals surface area contributed by atoms with Crippen molar-refractivity contribution in [3.63, 3.8) is 0 Å². The number of aryl methyl sites for hydroxylation is 2. The molecule has 0 fully saturated rings. The SMILES string of the molecule is Cc1ccccc1-n1nc(C(=O)Nc2cccc(C)c2C)nc1-c1ccc(Cl)cc1. The number of benzene rings is 3. The lowest BCUT2D eigenvalue weighted by atomic mass is 10.1. The number of anilines is 1. The fourth-order valence-corrected chi connectivity index (χ4v) is 3.35. The van der Waals surface area contributed by atoms with E-state index in [9.17, 15) is 4.79 Å². The molecule has 1 aromatic heterocycles. The standard InChI is InChI=1S/C24H21ClN4O/c1-15-8-6-9-20(17(15)3)26-24(30)22-27-23(18-11-13-19(25)14-12-18)29(28-22)21-10-5-4-7-16(21)2/h4-14H,1-3H3,(H,26,30). The van der Waals surface area contributed by atoms with Crippen molar-refractivity contribution in [2.24, 2.45) is 0 Å². The number of nitrogens with zero attached hydrogens (tertiary/aromatic N) is 3. The second kappa shape index (κ2) is 8.13. The van der Waals surface area contributed by atoms with Gasteiger partial charge in [0, 0.05) is 16.3 Å². The molecule has 0 saturated heterocycles. The average molecular weight is 417 g/mol. The molecular formula is C24H21ClN4O. The molecule has 1 N–H and O–H groups in total. The third-order valence-corrected chi connectivity index (χ3v) is 5.36. The number of nitrogens with one attached hydrogen (secondary N) is 1. The molecule has 0 saturated carbocycles. The van der Waals surface area contributed by atoms with Gasteiger partial charge in [-0.05, 0) is 73.9 Å². The zero-order chi connectivity index (χ0) is 21.3. The zero-order valence-corrected chi connectivity index (χ0v) is 17.7. The van der Waals surface area contributed by atoms with E-state index >= 15 is 0 Å². The van der Waals surface area contributed by atoms with Crippen LogP contribution in [0.2, 0.25) is 5.02 Å². The summed E-state index contributed by atoms with van der Waals surface area (Å²) < 4.78 is 1.70. The van der Waals surface area contributed by atoms with Crippen LogP contribution in [0, 0.1) is 20.8 Å². The molecule has 150 valence electrons. The molecular weight excluding hydrogens is 396 g/mol. The normalized spacial score (nSPS) is 10.8. The molecule has 0 aliphatic carbocycles. The second-order valence-corrected chi connectivity index (χ2v) is 7.60. The topological polar surface area (TPSA) is 59.8 Å². The maximum absolute atomic E-state index is 13.0. The monoisotopic (exact) mass is 416 g/mol. The highest BCUT2D eigenvalue weighted by Crippen LogP contribution is 2.25. The number of amides is 1. The van der Waals surface area contributed by atoms with Gasteiger partial charge in [0.2, 0.25) is 5.82 Å². The second-order valence-electron chi connectivity index (χ2n) is 7.17. The molecule has 0 spiro atoms. The summed E-state index contributed by atoms with van der Waals surface area (Å²) >= 11 is 6.05. The molecule has 4 rings (SSSR count). The molecule has 6 heteroatoms. The van der Waals surface area contributed by atoms with Crippen molar-refractivity contribution >= 4 is 23.2 Å². The first-order valence-electron chi connectivity index (χ1n) is 9.60. The molecule has 0 aliphatic rings. The van der Waals surface area contributed by atoms with Crippen molar-refractivity contribution in [1.29, 1.82) is 0 Å². The Kier molecular flexibility index (Phi) is 5.38.